The molecule has 5 nitrogen and oxygen atoms in total. The van der Waals surface area contributed by atoms with Crippen molar-refractivity contribution in [1.29, 1.82) is 0 Å². The normalized spacial score (nSPS) is 22.1. The summed E-state index contributed by atoms with van der Waals surface area (Å²) in [5.74, 6) is 0.0761. The van der Waals surface area contributed by atoms with E-state index in [0.717, 1.165) is 24.4 Å². The van der Waals surface area contributed by atoms with Crippen LogP contribution in [-0.2, 0) is 11.3 Å². The maximum atomic E-state index is 12.4. The molecule has 1 saturated heterocycles. The van der Waals surface area contributed by atoms with Crippen LogP contribution in [0, 0.1) is 19.3 Å². The second-order valence-corrected chi connectivity index (χ2v) is 6.72. The number of hydrogen-bond acceptors (Lipinski definition) is 3. The van der Waals surface area contributed by atoms with Gasteiger partial charge in [0.1, 0.15) is 6.54 Å². The van der Waals surface area contributed by atoms with E-state index in [1.165, 1.54) is 0 Å². The van der Waals surface area contributed by atoms with Gasteiger partial charge in [0.25, 0.3) is 0 Å². The molecule has 0 radical (unpaired) electrons. The highest BCUT2D eigenvalue weighted by Gasteiger charge is 2.35. The van der Waals surface area contributed by atoms with Crippen molar-refractivity contribution in [3.8, 4) is 0 Å². The molecule has 0 aliphatic carbocycles. The molecule has 1 fully saturated rings. The Morgan fingerprint density at radius 3 is 2.65 bits per heavy atom. The average Bonchev–Trinajstić information content (AvgIpc) is 2.60. The summed E-state index contributed by atoms with van der Waals surface area (Å²) in [5.41, 5.74) is 7.66. The van der Waals surface area contributed by atoms with Gasteiger partial charge in [0.05, 0.1) is 16.4 Å². The van der Waals surface area contributed by atoms with Gasteiger partial charge in [0, 0.05) is 19.1 Å². The number of carbonyl (C=O) groups is 1. The number of nitrogens with zero attached hydrogens (tertiary/aromatic N) is 3. The first kappa shape index (κ1) is 15.3. The number of halogens is 1. The zero-order valence-corrected chi connectivity index (χ0v) is 13.4. The van der Waals surface area contributed by atoms with Crippen LogP contribution >= 0.6 is 11.6 Å². The zero-order chi connectivity index (χ0) is 15.1. The van der Waals surface area contributed by atoms with Gasteiger partial charge in [-0.25, -0.2) is 0 Å². The highest BCUT2D eigenvalue weighted by molar-refractivity contribution is 6.31. The molecule has 1 aliphatic rings. The lowest BCUT2D eigenvalue weighted by Gasteiger charge is -2.42. The molecular weight excluding hydrogens is 276 g/mol. The Morgan fingerprint density at radius 1 is 1.50 bits per heavy atom. The number of amides is 1. The topological polar surface area (TPSA) is 64.2 Å². The maximum absolute atomic E-state index is 12.4. The van der Waals surface area contributed by atoms with Crippen LogP contribution in [0.2, 0.25) is 5.02 Å². The molecule has 20 heavy (non-hydrogen) atoms. The van der Waals surface area contributed by atoms with Crippen LogP contribution in [0.1, 0.15) is 31.7 Å². The van der Waals surface area contributed by atoms with Crippen molar-refractivity contribution in [2.75, 3.05) is 13.1 Å². The molecule has 1 amide bonds. The van der Waals surface area contributed by atoms with Crippen LogP contribution in [0.3, 0.4) is 0 Å². The predicted molar refractivity (Wildman–Crippen MR) is 79.7 cm³/mol. The Bertz CT molecular complexity index is 523. The smallest absolute Gasteiger partial charge is 0.244 e. The molecule has 2 heterocycles. The van der Waals surface area contributed by atoms with Gasteiger partial charge in [-0.3, -0.25) is 9.48 Å². The van der Waals surface area contributed by atoms with Gasteiger partial charge in [0.2, 0.25) is 5.91 Å². The van der Waals surface area contributed by atoms with E-state index >= 15 is 0 Å². The summed E-state index contributed by atoms with van der Waals surface area (Å²) in [7, 11) is 0. The molecule has 6 heteroatoms. The number of hydrogen-bond donors (Lipinski definition) is 1. The van der Waals surface area contributed by atoms with E-state index in [0.29, 0.717) is 11.6 Å². The van der Waals surface area contributed by atoms with E-state index in [1.807, 2.05) is 18.7 Å². The number of aromatic nitrogens is 2. The lowest BCUT2D eigenvalue weighted by Crippen LogP contribution is -2.54. The van der Waals surface area contributed by atoms with Crippen molar-refractivity contribution in [2.24, 2.45) is 11.1 Å². The standard InChI is InChI=1S/C14H23ClN4O/c1-9-13(15)10(2)19(17-9)7-12(20)18-6-5-11(16)14(3,4)8-18/h11H,5-8,16H2,1-4H3. The monoisotopic (exact) mass is 298 g/mol. The fourth-order valence-electron chi connectivity index (χ4n) is 2.64. The third-order valence-electron chi connectivity index (χ3n) is 4.24. The summed E-state index contributed by atoms with van der Waals surface area (Å²) in [6, 6.07) is 0.148. The van der Waals surface area contributed by atoms with E-state index in [1.54, 1.807) is 4.68 Å². The molecule has 1 unspecified atom stereocenters. The van der Waals surface area contributed by atoms with Crippen molar-refractivity contribution in [3.05, 3.63) is 16.4 Å². The average molecular weight is 299 g/mol. The van der Waals surface area contributed by atoms with E-state index in [4.69, 9.17) is 17.3 Å². The minimum atomic E-state index is -0.0410. The predicted octanol–water partition coefficient (Wildman–Crippen LogP) is 1.74. The van der Waals surface area contributed by atoms with Gasteiger partial charge >= 0.3 is 0 Å². The van der Waals surface area contributed by atoms with Crippen molar-refractivity contribution < 1.29 is 4.79 Å². The van der Waals surface area contributed by atoms with Crippen molar-refractivity contribution >= 4 is 17.5 Å². The minimum absolute atomic E-state index is 0.0410. The molecule has 1 aromatic rings. The van der Waals surface area contributed by atoms with E-state index in [-0.39, 0.29) is 23.9 Å². The molecule has 1 atom stereocenters. The van der Waals surface area contributed by atoms with Crippen LogP contribution in [0.5, 0.6) is 0 Å². The van der Waals surface area contributed by atoms with Crippen LogP contribution in [0.4, 0.5) is 0 Å². The van der Waals surface area contributed by atoms with Crippen LogP contribution < -0.4 is 5.73 Å². The number of carbonyl (C=O) groups excluding carboxylic acids is 1. The Hall–Kier alpha value is -1.07. The van der Waals surface area contributed by atoms with Crippen molar-refractivity contribution in [1.82, 2.24) is 14.7 Å². The first-order valence-electron chi connectivity index (χ1n) is 6.95. The van der Waals surface area contributed by atoms with Crippen molar-refractivity contribution in [2.45, 2.75) is 46.7 Å². The summed E-state index contributed by atoms with van der Waals surface area (Å²) < 4.78 is 1.68. The first-order chi connectivity index (χ1) is 9.22. The Kier molecular flexibility index (Phi) is 4.12. The fraction of sp³-hybridized carbons (Fsp3) is 0.714. The number of likely N-dealkylation sites (tertiary alicyclic amines) is 1. The van der Waals surface area contributed by atoms with Gasteiger partial charge in [0.15, 0.2) is 0 Å². The quantitative estimate of drug-likeness (QED) is 0.904. The third kappa shape index (κ3) is 2.83. The van der Waals surface area contributed by atoms with Gasteiger partial charge in [-0.2, -0.15) is 5.10 Å². The number of aryl methyl sites for hydroxylation is 1. The van der Waals surface area contributed by atoms with Crippen LogP contribution in [-0.4, -0.2) is 39.7 Å². The molecule has 0 bridgehead atoms. The van der Waals surface area contributed by atoms with Crippen LogP contribution in [0.15, 0.2) is 0 Å². The van der Waals surface area contributed by atoms with Crippen molar-refractivity contribution in [3.63, 3.8) is 0 Å². The zero-order valence-electron chi connectivity index (χ0n) is 12.6. The molecule has 2 rings (SSSR count). The summed E-state index contributed by atoms with van der Waals surface area (Å²) in [4.78, 5) is 14.3. The highest BCUT2D eigenvalue weighted by atomic mass is 35.5. The summed E-state index contributed by atoms with van der Waals surface area (Å²) >= 11 is 6.11. The molecule has 2 N–H and O–H groups in total. The lowest BCUT2D eigenvalue weighted by molar-refractivity contribution is -0.135. The van der Waals surface area contributed by atoms with Gasteiger partial charge in [-0.05, 0) is 25.7 Å². The van der Waals surface area contributed by atoms with Crippen LogP contribution in [0.25, 0.3) is 0 Å². The lowest BCUT2D eigenvalue weighted by atomic mass is 9.79. The summed E-state index contributed by atoms with van der Waals surface area (Å²) in [6.07, 6.45) is 0.844. The Labute approximate surface area is 125 Å². The Balaban J connectivity index is 2.07. The summed E-state index contributed by atoms with van der Waals surface area (Å²) in [5, 5.41) is 4.95. The largest absolute Gasteiger partial charge is 0.340 e. The molecule has 0 aromatic carbocycles. The van der Waals surface area contributed by atoms with Gasteiger partial charge in [-0.15, -0.1) is 0 Å². The minimum Gasteiger partial charge on any atom is -0.340 e. The fourth-order valence-corrected chi connectivity index (χ4v) is 2.78. The first-order valence-corrected chi connectivity index (χ1v) is 7.33. The van der Waals surface area contributed by atoms with E-state index in [2.05, 4.69) is 18.9 Å². The Morgan fingerprint density at radius 2 is 2.15 bits per heavy atom. The van der Waals surface area contributed by atoms with Gasteiger partial charge < -0.3 is 10.6 Å². The van der Waals surface area contributed by atoms with Gasteiger partial charge in [-0.1, -0.05) is 25.4 Å². The van der Waals surface area contributed by atoms with E-state index < -0.39 is 0 Å². The third-order valence-corrected chi connectivity index (χ3v) is 4.79. The SMILES string of the molecule is Cc1nn(CC(=O)N2CCC(N)C(C)(C)C2)c(C)c1Cl. The molecular formula is C14H23ClN4O. The molecule has 1 aliphatic heterocycles. The molecule has 0 spiro atoms. The highest BCUT2D eigenvalue weighted by Crippen LogP contribution is 2.28. The number of rotatable bonds is 2. The maximum Gasteiger partial charge on any atom is 0.244 e. The van der Waals surface area contributed by atoms with E-state index in [9.17, 15) is 4.79 Å². The molecule has 0 saturated carbocycles. The summed E-state index contributed by atoms with van der Waals surface area (Å²) in [6.45, 7) is 9.60. The molecule has 1 aromatic heterocycles. The molecule has 112 valence electrons. The number of piperidine rings is 1. The second kappa shape index (κ2) is 5.37. The second-order valence-electron chi connectivity index (χ2n) is 6.34. The number of nitrogens with two attached hydrogens (primary N) is 1.